The average molecular weight is 481 g/mol. The SMILES string of the molecule is CC.CC[C@]12CC[C@H](OCOC)CC1=CC[C@@H]1C2CC[C@@]2(C)C1CCC2[C@H](C)CCCC(C)C.[HH].[HH].[HH]. The van der Waals surface area contributed by atoms with Gasteiger partial charge in [-0.15, -0.1) is 0 Å². The number of fused-ring (bicyclic) bond motifs is 5. The van der Waals surface area contributed by atoms with Gasteiger partial charge in [0.15, 0.2) is 0 Å². The van der Waals surface area contributed by atoms with Crippen LogP contribution in [0.3, 0.4) is 0 Å². The predicted octanol–water partition coefficient (Wildman–Crippen LogP) is 10.2. The molecule has 0 heterocycles. The maximum atomic E-state index is 6.02. The van der Waals surface area contributed by atoms with E-state index in [0.717, 1.165) is 41.9 Å². The molecule has 0 aromatic heterocycles. The molecule has 3 unspecified atom stereocenters. The summed E-state index contributed by atoms with van der Waals surface area (Å²) in [5.41, 5.74) is 2.82. The first-order chi connectivity index (χ1) is 16.4. The first-order valence-corrected chi connectivity index (χ1v) is 15.2. The van der Waals surface area contributed by atoms with Crippen LogP contribution in [0.15, 0.2) is 11.6 Å². The van der Waals surface area contributed by atoms with Crippen molar-refractivity contribution in [3.05, 3.63) is 11.6 Å². The van der Waals surface area contributed by atoms with E-state index in [1.54, 1.807) is 12.7 Å². The number of ether oxygens (including phenoxy) is 2. The molecule has 0 bridgehead atoms. The van der Waals surface area contributed by atoms with Crippen molar-refractivity contribution in [3.63, 3.8) is 0 Å². The van der Waals surface area contributed by atoms with E-state index in [1.807, 2.05) is 13.8 Å². The fraction of sp³-hybridized carbons (Fsp3) is 0.938. The lowest BCUT2D eigenvalue weighted by molar-refractivity contribution is -0.102. The number of hydrogen-bond acceptors (Lipinski definition) is 2. The Hall–Kier alpha value is -0.340. The zero-order valence-electron chi connectivity index (χ0n) is 24.1. The predicted molar refractivity (Wildman–Crippen MR) is 152 cm³/mol. The molecule has 3 fully saturated rings. The molecular formula is C32H64O2. The van der Waals surface area contributed by atoms with E-state index in [1.165, 1.54) is 70.6 Å². The van der Waals surface area contributed by atoms with Crippen molar-refractivity contribution >= 4 is 0 Å². The van der Waals surface area contributed by atoms with Gasteiger partial charge in [0.1, 0.15) is 6.79 Å². The third kappa shape index (κ3) is 5.34. The first-order valence-electron chi connectivity index (χ1n) is 15.2. The number of rotatable bonds is 9. The van der Waals surface area contributed by atoms with Crippen LogP contribution in [0.2, 0.25) is 0 Å². The van der Waals surface area contributed by atoms with Gasteiger partial charge in [-0.05, 0) is 104 Å². The van der Waals surface area contributed by atoms with Gasteiger partial charge in [0.25, 0.3) is 0 Å². The summed E-state index contributed by atoms with van der Waals surface area (Å²) in [6.07, 6.45) is 19.7. The highest BCUT2D eigenvalue weighted by Crippen LogP contribution is 2.68. The second-order valence-electron chi connectivity index (χ2n) is 12.8. The van der Waals surface area contributed by atoms with E-state index >= 15 is 0 Å². The lowest BCUT2D eigenvalue weighted by Crippen LogP contribution is -2.51. The molecule has 0 aromatic carbocycles. The van der Waals surface area contributed by atoms with Crippen molar-refractivity contribution in [2.24, 2.45) is 46.3 Å². The monoisotopic (exact) mass is 480 g/mol. The fourth-order valence-corrected chi connectivity index (χ4v) is 9.42. The molecule has 2 nitrogen and oxygen atoms in total. The van der Waals surface area contributed by atoms with Crippen molar-refractivity contribution in [1.29, 1.82) is 0 Å². The van der Waals surface area contributed by atoms with E-state index < -0.39 is 0 Å². The van der Waals surface area contributed by atoms with E-state index in [2.05, 4.69) is 40.7 Å². The second kappa shape index (κ2) is 12.3. The van der Waals surface area contributed by atoms with Crippen LogP contribution in [0.1, 0.15) is 130 Å². The third-order valence-electron chi connectivity index (χ3n) is 11.0. The third-order valence-corrected chi connectivity index (χ3v) is 11.0. The Morgan fingerprint density at radius 3 is 2.47 bits per heavy atom. The summed E-state index contributed by atoms with van der Waals surface area (Å²) in [6, 6.07) is 0. The molecule has 0 aliphatic heterocycles. The van der Waals surface area contributed by atoms with Crippen LogP contribution in [0.5, 0.6) is 0 Å². The Morgan fingerprint density at radius 1 is 1.03 bits per heavy atom. The van der Waals surface area contributed by atoms with Crippen molar-refractivity contribution in [2.45, 2.75) is 132 Å². The van der Waals surface area contributed by atoms with E-state index in [4.69, 9.17) is 9.47 Å². The van der Waals surface area contributed by atoms with Crippen molar-refractivity contribution < 1.29 is 13.8 Å². The van der Waals surface area contributed by atoms with Crippen LogP contribution in [0.4, 0.5) is 0 Å². The Kier molecular flexibility index (Phi) is 10.2. The molecule has 34 heavy (non-hydrogen) atoms. The smallest absolute Gasteiger partial charge is 0.146 e. The van der Waals surface area contributed by atoms with Crippen LogP contribution < -0.4 is 0 Å². The maximum absolute atomic E-state index is 6.02. The number of methoxy groups -OCH3 is 1. The number of hydrogen-bond donors (Lipinski definition) is 0. The van der Waals surface area contributed by atoms with Crippen LogP contribution in [0.25, 0.3) is 0 Å². The Bertz CT molecular complexity index is 668. The normalized spacial score (nSPS) is 39.9. The summed E-state index contributed by atoms with van der Waals surface area (Å²) in [5, 5.41) is 0. The molecule has 3 saturated carbocycles. The molecule has 4 rings (SSSR count). The van der Waals surface area contributed by atoms with Crippen LogP contribution >= 0.6 is 0 Å². The molecular weight excluding hydrogens is 416 g/mol. The Balaban J connectivity index is 0.00000253. The topological polar surface area (TPSA) is 18.5 Å². The maximum Gasteiger partial charge on any atom is 0.146 e. The van der Waals surface area contributed by atoms with Crippen LogP contribution in [-0.2, 0) is 9.47 Å². The summed E-state index contributed by atoms with van der Waals surface area (Å²) in [4.78, 5) is 0. The molecule has 0 radical (unpaired) electrons. The van der Waals surface area contributed by atoms with Gasteiger partial charge >= 0.3 is 0 Å². The van der Waals surface area contributed by atoms with Gasteiger partial charge in [-0.25, -0.2) is 0 Å². The highest BCUT2D eigenvalue weighted by molar-refractivity contribution is 5.26. The van der Waals surface area contributed by atoms with Crippen molar-refractivity contribution in [2.75, 3.05) is 13.9 Å². The van der Waals surface area contributed by atoms with Crippen molar-refractivity contribution in [3.8, 4) is 0 Å². The highest BCUT2D eigenvalue weighted by atomic mass is 16.7. The molecule has 8 atom stereocenters. The molecule has 4 aliphatic carbocycles. The molecule has 0 saturated heterocycles. The van der Waals surface area contributed by atoms with Crippen molar-refractivity contribution in [1.82, 2.24) is 0 Å². The summed E-state index contributed by atoms with van der Waals surface area (Å²) >= 11 is 0. The molecule has 0 amide bonds. The summed E-state index contributed by atoms with van der Waals surface area (Å²) in [7, 11) is 1.74. The minimum atomic E-state index is 0. The Morgan fingerprint density at radius 2 is 1.79 bits per heavy atom. The first kappa shape index (κ1) is 28.2. The average Bonchev–Trinajstić information content (AvgIpc) is 3.20. The molecule has 0 aromatic rings. The lowest BCUT2D eigenvalue weighted by Gasteiger charge is -2.59. The minimum absolute atomic E-state index is 0. The molecule has 2 heteroatoms. The molecule has 4 aliphatic rings. The fourth-order valence-electron chi connectivity index (χ4n) is 9.42. The lowest BCUT2D eigenvalue weighted by atomic mass is 9.46. The zero-order valence-corrected chi connectivity index (χ0v) is 24.1. The quantitative estimate of drug-likeness (QED) is 0.241. The second-order valence-corrected chi connectivity index (χ2v) is 12.8. The number of allylic oxidation sites excluding steroid dienone is 1. The summed E-state index contributed by atoms with van der Waals surface area (Å²) in [6.45, 7) is 17.0. The van der Waals surface area contributed by atoms with Gasteiger partial charge in [0.05, 0.1) is 6.10 Å². The van der Waals surface area contributed by atoms with Gasteiger partial charge in [-0.2, -0.15) is 0 Å². The minimum Gasteiger partial charge on any atom is -0.359 e. The van der Waals surface area contributed by atoms with Gasteiger partial charge in [0.2, 0.25) is 0 Å². The van der Waals surface area contributed by atoms with Gasteiger partial charge < -0.3 is 9.47 Å². The molecule has 0 N–H and O–H groups in total. The van der Waals surface area contributed by atoms with E-state index in [-0.39, 0.29) is 4.28 Å². The van der Waals surface area contributed by atoms with E-state index in [9.17, 15) is 0 Å². The van der Waals surface area contributed by atoms with E-state index in [0.29, 0.717) is 23.7 Å². The molecule has 204 valence electrons. The molecule has 0 spiro atoms. The van der Waals surface area contributed by atoms with Gasteiger partial charge in [-0.3, -0.25) is 0 Å². The summed E-state index contributed by atoms with van der Waals surface area (Å²) < 4.78 is 11.2. The Labute approximate surface area is 217 Å². The van der Waals surface area contributed by atoms with Gasteiger partial charge in [0, 0.05) is 11.4 Å². The zero-order chi connectivity index (χ0) is 24.9. The van der Waals surface area contributed by atoms with Crippen LogP contribution in [0, 0.1) is 46.3 Å². The van der Waals surface area contributed by atoms with Gasteiger partial charge in [-0.1, -0.05) is 79.4 Å². The van der Waals surface area contributed by atoms with Crippen LogP contribution in [-0.4, -0.2) is 20.0 Å². The largest absolute Gasteiger partial charge is 0.359 e. The summed E-state index contributed by atoms with van der Waals surface area (Å²) in [5.74, 6) is 5.53. The highest BCUT2D eigenvalue weighted by Gasteiger charge is 2.59. The standard InChI is InChI=1S/C30H52O2.C2H6.3H2/c1-7-30-18-15-24(32-20-31-6)19-23(30)11-12-25-27-14-13-26(22(4)10-8-9-21(2)3)29(27,5)17-16-28(25)30;1-2;;;/h11,21-22,24-28H,7-10,12-20H2,1-6H3;1-2H3;3*1H/t22-,24+,25+,26?,27?,28?,29-,30+;;;;/m1..../s1.